The van der Waals surface area contributed by atoms with Gasteiger partial charge in [-0.25, -0.2) is 9.69 Å². The average Bonchev–Trinajstić information content (AvgIpc) is 2.79. The largest absolute Gasteiger partial charge is 0.496 e. The quantitative estimate of drug-likeness (QED) is 0.501. The molecule has 4 amide bonds. The van der Waals surface area contributed by atoms with Crippen molar-refractivity contribution in [3.05, 3.63) is 53.6 Å². The van der Waals surface area contributed by atoms with Crippen LogP contribution in [0.3, 0.4) is 0 Å². The van der Waals surface area contributed by atoms with Gasteiger partial charge in [-0.05, 0) is 51.1 Å². The minimum absolute atomic E-state index is 0.176. The fraction of sp³-hybridized carbons (Fsp3) is 0.292. The lowest BCUT2D eigenvalue weighted by molar-refractivity contribution is -0.122. The molecule has 0 aromatic heterocycles. The highest BCUT2D eigenvalue weighted by atomic mass is 16.5. The summed E-state index contributed by atoms with van der Waals surface area (Å²) < 4.78 is 11.1. The molecule has 0 unspecified atom stereocenters. The Morgan fingerprint density at radius 1 is 1.00 bits per heavy atom. The summed E-state index contributed by atoms with van der Waals surface area (Å²) in [5.41, 5.74) is 1.61. The second-order valence-corrected chi connectivity index (χ2v) is 6.96. The molecular formula is C24H27N3O5. The summed E-state index contributed by atoms with van der Waals surface area (Å²) in [5.74, 6) is -0.616. The first-order chi connectivity index (χ1) is 15.4. The molecule has 8 heteroatoms. The first-order valence-corrected chi connectivity index (χ1v) is 10.5. The Labute approximate surface area is 187 Å². The Hall–Kier alpha value is -3.81. The molecule has 2 aromatic carbocycles. The molecule has 8 nitrogen and oxygen atoms in total. The SMILES string of the molecule is CCOc1ccccc1N1C(=O)NC(=O)/C(=C\c2ccc(N(CC)CC)cc2OC)C1=O. The van der Waals surface area contributed by atoms with Gasteiger partial charge in [-0.1, -0.05) is 12.1 Å². The molecule has 32 heavy (non-hydrogen) atoms. The number of ether oxygens (including phenoxy) is 2. The number of benzene rings is 2. The van der Waals surface area contributed by atoms with Crippen LogP contribution in [-0.2, 0) is 9.59 Å². The third-order valence-electron chi connectivity index (χ3n) is 5.15. The number of methoxy groups -OCH3 is 1. The molecule has 0 saturated carbocycles. The van der Waals surface area contributed by atoms with Crippen molar-refractivity contribution in [2.75, 3.05) is 36.6 Å². The van der Waals surface area contributed by atoms with Crippen molar-refractivity contribution in [3.8, 4) is 11.5 Å². The lowest BCUT2D eigenvalue weighted by atomic mass is 10.0. The zero-order valence-electron chi connectivity index (χ0n) is 18.7. The smallest absolute Gasteiger partial charge is 0.336 e. The van der Waals surface area contributed by atoms with Crippen LogP contribution in [-0.4, -0.2) is 44.7 Å². The van der Waals surface area contributed by atoms with Crippen molar-refractivity contribution in [2.24, 2.45) is 0 Å². The summed E-state index contributed by atoms with van der Waals surface area (Å²) in [6.07, 6.45) is 1.44. The number of nitrogens with one attached hydrogen (secondary N) is 1. The third-order valence-corrected chi connectivity index (χ3v) is 5.15. The number of hydrogen-bond acceptors (Lipinski definition) is 6. The summed E-state index contributed by atoms with van der Waals surface area (Å²) in [5, 5.41) is 2.24. The number of rotatable bonds is 8. The average molecular weight is 437 g/mol. The summed E-state index contributed by atoms with van der Waals surface area (Å²) in [6, 6.07) is 11.4. The minimum Gasteiger partial charge on any atom is -0.496 e. The second-order valence-electron chi connectivity index (χ2n) is 6.96. The number of carbonyl (C=O) groups excluding carboxylic acids is 3. The number of imide groups is 2. The van der Waals surface area contributed by atoms with Crippen LogP contribution in [0.5, 0.6) is 11.5 Å². The summed E-state index contributed by atoms with van der Waals surface area (Å²) in [6.45, 7) is 7.94. The van der Waals surface area contributed by atoms with E-state index in [-0.39, 0.29) is 11.3 Å². The van der Waals surface area contributed by atoms with Gasteiger partial charge in [0.25, 0.3) is 11.8 Å². The topological polar surface area (TPSA) is 88.2 Å². The maximum atomic E-state index is 13.2. The molecule has 1 heterocycles. The molecule has 3 rings (SSSR count). The van der Waals surface area contributed by atoms with E-state index in [2.05, 4.69) is 24.1 Å². The molecule has 0 spiro atoms. The van der Waals surface area contributed by atoms with E-state index in [1.165, 1.54) is 13.2 Å². The fourth-order valence-electron chi connectivity index (χ4n) is 3.56. The monoisotopic (exact) mass is 437 g/mol. The highest BCUT2D eigenvalue weighted by molar-refractivity contribution is 6.39. The van der Waals surface area contributed by atoms with Gasteiger partial charge in [-0.15, -0.1) is 0 Å². The molecule has 1 aliphatic heterocycles. The van der Waals surface area contributed by atoms with Crippen LogP contribution in [0.1, 0.15) is 26.3 Å². The number of urea groups is 1. The Bertz CT molecular complexity index is 1060. The van der Waals surface area contributed by atoms with E-state index in [1.807, 2.05) is 12.1 Å². The van der Waals surface area contributed by atoms with Crippen LogP contribution in [0.15, 0.2) is 48.0 Å². The van der Waals surface area contributed by atoms with E-state index in [1.54, 1.807) is 37.3 Å². The summed E-state index contributed by atoms with van der Waals surface area (Å²) in [4.78, 5) is 41.4. The zero-order chi connectivity index (χ0) is 23.3. The normalized spacial score (nSPS) is 15.1. The van der Waals surface area contributed by atoms with Crippen LogP contribution in [0.4, 0.5) is 16.2 Å². The molecule has 0 radical (unpaired) electrons. The third kappa shape index (κ3) is 4.44. The van der Waals surface area contributed by atoms with Gasteiger partial charge in [-0.3, -0.25) is 14.9 Å². The highest BCUT2D eigenvalue weighted by Gasteiger charge is 2.38. The Kier molecular flexibility index (Phi) is 7.14. The number of nitrogens with zero attached hydrogens (tertiary/aromatic N) is 2. The number of amides is 4. The van der Waals surface area contributed by atoms with Crippen molar-refractivity contribution in [1.29, 1.82) is 0 Å². The molecule has 1 aliphatic rings. The zero-order valence-corrected chi connectivity index (χ0v) is 18.7. The van der Waals surface area contributed by atoms with Crippen LogP contribution < -0.4 is 24.6 Å². The lowest BCUT2D eigenvalue weighted by Gasteiger charge is -2.27. The number of anilines is 2. The van der Waals surface area contributed by atoms with Gasteiger partial charge in [0.1, 0.15) is 17.1 Å². The summed E-state index contributed by atoms with van der Waals surface area (Å²) >= 11 is 0. The second kappa shape index (κ2) is 10.00. The van der Waals surface area contributed by atoms with Crippen LogP contribution in [0.2, 0.25) is 0 Å². The molecular weight excluding hydrogens is 410 g/mol. The van der Waals surface area contributed by atoms with Crippen molar-refractivity contribution in [2.45, 2.75) is 20.8 Å². The van der Waals surface area contributed by atoms with Crippen LogP contribution >= 0.6 is 0 Å². The lowest BCUT2D eigenvalue weighted by Crippen LogP contribution is -2.54. The number of carbonyl (C=O) groups is 3. The molecule has 0 bridgehead atoms. The highest BCUT2D eigenvalue weighted by Crippen LogP contribution is 2.32. The van der Waals surface area contributed by atoms with E-state index in [0.29, 0.717) is 23.7 Å². The maximum Gasteiger partial charge on any atom is 0.336 e. The van der Waals surface area contributed by atoms with E-state index >= 15 is 0 Å². The van der Waals surface area contributed by atoms with E-state index < -0.39 is 17.8 Å². The Balaban J connectivity index is 2.03. The maximum absolute atomic E-state index is 13.2. The Morgan fingerprint density at radius 2 is 1.72 bits per heavy atom. The molecule has 1 fully saturated rings. The molecule has 1 N–H and O–H groups in total. The van der Waals surface area contributed by atoms with Gasteiger partial charge in [0.05, 0.1) is 19.4 Å². The van der Waals surface area contributed by atoms with Crippen molar-refractivity contribution in [3.63, 3.8) is 0 Å². The predicted molar refractivity (Wildman–Crippen MR) is 123 cm³/mol. The van der Waals surface area contributed by atoms with Gasteiger partial charge >= 0.3 is 6.03 Å². The van der Waals surface area contributed by atoms with Crippen LogP contribution in [0, 0.1) is 0 Å². The molecule has 0 aliphatic carbocycles. The van der Waals surface area contributed by atoms with Crippen molar-refractivity contribution in [1.82, 2.24) is 5.32 Å². The molecule has 0 atom stereocenters. The van der Waals surface area contributed by atoms with Gasteiger partial charge < -0.3 is 14.4 Å². The van der Waals surface area contributed by atoms with Crippen LogP contribution in [0.25, 0.3) is 6.08 Å². The molecule has 1 saturated heterocycles. The van der Waals surface area contributed by atoms with Gasteiger partial charge in [-0.2, -0.15) is 0 Å². The van der Waals surface area contributed by atoms with Crippen molar-refractivity contribution < 1.29 is 23.9 Å². The van der Waals surface area contributed by atoms with E-state index in [0.717, 1.165) is 23.7 Å². The number of hydrogen-bond donors (Lipinski definition) is 1. The fourth-order valence-corrected chi connectivity index (χ4v) is 3.56. The first-order valence-electron chi connectivity index (χ1n) is 10.5. The standard InChI is InChI=1S/C24H27N3O5/c1-5-26(6-2)17-13-12-16(21(15-17)31-4)14-18-22(28)25-24(30)27(23(18)29)19-10-8-9-11-20(19)32-7-3/h8-15H,5-7H2,1-4H3,(H,25,28,30)/b18-14+. The number of para-hydroxylation sites is 2. The van der Waals surface area contributed by atoms with Gasteiger partial charge in [0.2, 0.25) is 0 Å². The van der Waals surface area contributed by atoms with E-state index in [9.17, 15) is 14.4 Å². The number of barbiturate groups is 1. The molecule has 2 aromatic rings. The Morgan fingerprint density at radius 3 is 2.38 bits per heavy atom. The first kappa shape index (κ1) is 22.9. The molecule has 168 valence electrons. The van der Waals surface area contributed by atoms with Gasteiger partial charge in [0.15, 0.2) is 0 Å². The van der Waals surface area contributed by atoms with E-state index in [4.69, 9.17) is 9.47 Å². The minimum atomic E-state index is -0.826. The van der Waals surface area contributed by atoms with Crippen molar-refractivity contribution >= 4 is 35.3 Å². The summed E-state index contributed by atoms with van der Waals surface area (Å²) in [7, 11) is 1.53. The predicted octanol–water partition coefficient (Wildman–Crippen LogP) is 3.61. The van der Waals surface area contributed by atoms with Gasteiger partial charge in [0, 0.05) is 30.4 Å².